The average Bonchev–Trinajstić information content (AvgIpc) is 3.25. The molecule has 0 N–H and O–H groups in total. The van der Waals surface area contributed by atoms with Gasteiger partial charge in [-0.2, -0.15) is 0 Å². The third kappa shape index (κ3) is 20.7. The molecule has 1 saturated carbocycles. The van der Waals surface area contributed by atoms with Crippen LogP contribution in [0.2, 0.25) is 0 Å². The molecule has 60 heavy (non-hydrogen) atoms. The molecule has 0 spiro atoms. The summed E-state index contributed by atoms with van der Waals surface area (Å²) in [6, 6.07) is 0. The van der Waals surface area contributed by atoms with Gasteiger partial charge in [0.05, 0.1) is 22.3 Å². The van der Waals surface area contributed by atoms with E-state index < -0.39 is 0 Å². The summed E-state index contributed by atoms with van der Waals surface area (Å²) in [6.07, 6.45) is 0. The van der Waals surface area contributed by atoms with Crippen LogP contribution in [0, 0.1) is 0 Å². The molecule has 0 heterocycles. The molecule has 3 aliphatic rings. The average molecular weight is 721 g/mol. The summed E-state index contributed by atoms with van der Waals surface area (Å²) in [5, 5.41) is 0. The Balaban J connectivity index is 2.69. The molecular weight excluding hydrogens is 721 g/mol. The van der Waals surface area contributed by atoms with E-state index in [1.54, 1.807) is 0 Å². The predicted molar refractivity (Wildman–Crippen MR) is 211 cm³/mol. The van der Waals surface area contributed by atoms with Crippen molar-refractivity contribution in [2.75, 3.05) is 0 Å². The number of fused-ring (bicyclic) bond motifs is 4. The molecule has 0 nitrogen and oxygen atoms in total. The largest absolute Gasteiger partial charge is 0.0595 e. The molecule has 0 aromatic rings. The van der Waals surface area contributed by atoms with Crippen molar-refractivity contribution in [1.82, 2.24) is 0 Å². The Labute approximate surface area is 341 Å². The Morgan fingerprint density at radius 3 is 0.233 bits per heavy atom. The molecule has 0 bridgehead atoms. The van der Waals surface area contributed by atoms with Crippen LogP contribution in [0.5, 0.6) is 0 Å². The Kier molecular flexibility index (Phi) is 21.4. The molecule has 1 fully saturated rings. The first-order valence-electron chi connectivity index (χ1n) is 15.5. The highest BCUT2D eigenvalue weighted by molar-refractivity contribution is 5.77. The SMILES string of the molecule is C1=C=C=C=C=C=C=C=C=C=C=C=C=C=C=C=C=C2C(=C=C=C=C=C=C=C=C=C=C=C=C=C=C=C=1)C1=C=C=C=C=C=C=C=C=C=C=C=C=C=C=C=C=C=C=C=C=C=C=C=C=C21. The molecule has 0 radical (unpaired) electrons. The molecule has 0 aromatic heterocycles. The first-order valence-corrected chi connectivity index (χ1v) is 15.5. The summed E-state index contributed by atoms with van der Waals surface area (Å²) in [5.41, 5.74) is 147. The quantitative estimate of drug-likeness (QED) is 0.219. The third-order valence-electron chi connectivity index (χ3n) is 4.88. The Bertz CT molecular complexity index is 4210. The van der Waals surface area contributed by atoms with Crippen molar-refractivity contribution in [2.45, 2.75) is 0 Å². The smallest absolute Gasteiger partial charge is 0.0501 e. The van der Waals surface area contributed by atoms with Crippen LogP contribution in [-0.4, -0.2) is 0 Å². The monoisotopic (exact) mass is 720 g/mol. The van der Waals surface area contributed by atoms with Gasteiger partial charge in [0, 0.05) is 115 Å². The molecule has 3 rings (SSSR count). The van der Waals surface area contributed by atoms with E-state index in [4.69, 9.17) is 0 Å². The summed E-state index contributed by atoms with van der Waals surface area (Å²) in [7, 11) is 0. The van der Waals surface area contributed by atoms with Crippen molar-refractivity contribution in [2.24, 2.45) is 0 Å². The lowest BCUT2D eigenvalue weighted by atomic mass is 9.76. The first kappa shape index (κ1) is 41.6. The van der Waals surface area contributed by atoms with E-state index in [9.17, 15) is 0 Å². The zero-order chi connectivity index (χ0) is 41.9. The molecule has 0 aromatic carbocycles. The Hall–Kier alpha value is -12.8. The maximum Gasteiger partial charge on any atom is 0.0595 e. The van der Waals surface area contributed by atoms with Gasteiger partial charge in [-0.15, -0.1) is 0 Å². The van der Waals surface area contributed by atoms with Gasteiger partial charge in [0.1, 0.15) is 0 Å². The molecule has 0 aliphatic heterocycles. The standard InChI is InChI=1S/C60/c1-2-4-6-8-10-14-18-22-26-30-34-38-42-46-50-54-58-57(53-49-45-41-37-33-29-25-21-17-13-9-7-5-3-1)59-55-51-47-43-39-35-31-27-23-19-15-11-12-16-20-24-28-32-36-40-44-48-52-56-60(58)59. The maximum atomic E-state index is 2.95. The van der Waals surface area contributed by atoms with E-state index >= 15 is 0 Å². The van der Waals surface area contributed by atoms with Crippen molar-refractivity contribution in [3.05, 3.63) is 343 Å². The second-order valence-corrected chi connectivity index (χ2v) is 8.50. The molecule has 0 amide bonds. The fourth-order valence-electron chi connectivity index (χ4n) is 2.81. The van der Waals surface area contributed by atoms with Gasteiger partial charge in [0.25, 0.3) is 0 Å². The van der Waals surface area contributed by atoms with E-state index in [0.717, 1.165) is 0 Å². The van der Waals surface area contributed by atoms with Gasteiger partial charge < -0.3 is 0 Å². The zero-order valence-electron chi connectivity index (χ0n) is 30.0. The van der Waals surface area contributed by atoms with Gasteiger partial charge in [-0.3, -0.25) is 0 Å². The highest BCUT2D eigenvalue weighted by Crippen LogP contribution is 2.41. The lowest BCUT2D eigenvalue weighted by molar-refractivity contribution is 1.26. The summed E-state index contributed by atoms with van der Waals surface area (Å²) >= 11 is 0. The van der Waals surface area contributed by atoms with E-state index in [1.165, 1.54) is 0 Å². The third-order valence-corrected chi connectivity index (χ3v) is 4.88. The van der Waals surface area contributed by atoms with Crippen LogP contribution in [0.4, 0.5) is 0 Å². The van der Waals surface area contributed by atoms with Crippen LogP contribution in [0.25, 0.3) is 0 Å². The molecule has 0 saturated heterocycles. The summed E-state index contributed by atoms with van der Waals surface area (Å²) in [6.45, 7) is 0. The van der Waals surface area contributed by atoms with Crippen molar-refractivity contribution in [3.8, 4) is 0 Å². The van der Waals surface area contributed by atoms with Crippen LogP contribution in [0.3, 0.4) is 0 Å². The van der Waals surface area contributed by atoms with Crippen LogP contribution in [-0.2, 0) is 0 Å². The van der Waals surface area contributed by atoms with Crippen molar-refractivity contribution < 1.29 is 0 Å². The minimum absolute atomic E-state index is 0.438. The van der Waals surface area contributed by atoms with Gasteiger partial charge in [-0.25, -0.2) is 0 Å². The highest BCUT2D eigenvalue weighted by Gasteiger charge is 2.30. The van der Waals surface area contributed by atoms with Crippen LogP contribution in [0.15, 0.2) is 343 Å². The van der Waals surface area contributed by atoms with Crippen LogP contribution >= 0.6 is 0 Å². The minimum atomic E-state index is 0.438. The number of hydrogen-bond donors (Lipinski definition) is 0. The van der Waals surface area contributed by atoms with E-state index in [2.05, 4.69) is 321 Å². The van der Waals surface area contributed by atoms with E-state index in [0.29, 0.717) is 22.3 Å². The maximum absolute atomic E-state index is 2.95. The molecule has 240 valence electrons. The van der Waals surface area contributed by atoms with Gasteiger partial charge in [-0.1, -0.05) is 22.9 Å². The summed E-state index contributed by atoms with van der Waals surface area (Å²) in [5.74, 6) is 0. The van der Waals surface area contributed by atoms with Gasteiger partial charge in [0.2, 0.25) is 0 Å². The molecule has 0 heteroatoms. The van der Waals surface area contributed by atoms with Gasteiger partial charge in [0.15, 0.2) is 0 Å². The van der Waals surface area contributed by atoms with E-state index in [-0.39, 0.29) is 0 Å². The highest BCUT2D eigenvalue weighted by atomic mass is 14.3. The molecular formula is C60. The molecule has 0 atom stereocenters. The Morgan fingerprint density at radius 2 is 0.150 bits per heavy atom. The summed E-state index contributed by atoms with van der Waals surface area (Å²) < 4.78 is 0. The number of hydrogen-bond acceptors (Lipinski definition) is 0. The Morgan fingerprint density at radius 1 is 0.0833 bits per heavy atom. The van der Waals surface area contributed by atoms with Gasteiger partial charge >= 0.3 is 0 Å². The number of rotatable bonds is 0. The molecule has 3 aliphatic carbocycles. The van der Waals surface area contributed by atoms with Crippen molar-refractivity contribution in [1.29, 1.82) is 0 Å². The van der Waals surface area contributed by atoms with Gasteiger partial charge in [-0.05, 0) is 183 Å². The summed E-state index contributed by atoms with van der Waals surface area (Å²) in [4.78, 5) is 0. The second-order valence-electron chi connectivity index (χ2n) is 8.50. The fraction of sp³-hybridized carbons (Fsp3) is 0. The fourth-order valence-corrected chi connectivity index (χ4v) is 2.81. The predicted octanol–water partition coefficient (Wildman–Crippen LogP) is 9.31. The van der Waals surface area contributed by atoms with Crippen molar-refractivity contribution >= 4 is 0 Å². The lowest BCUT2D eigenvalue weighted by Crippen LogP contribution is -2.09. The van der Waals surface area contributed by atoms with Crippen LogP contribution in [0.1, 0.15) is 0 Å². The van der Waals surface area contributed by atoms with Crippen LogP contribution < -0.4 is 0 Å². The second kappa shape index (κ2) is 30.9. The first-order chi connectivity index (χ1) is 30.0. The zero-order valence-corrected chi connectivity index (χ0v) is 30.0. The van der Waals surface area contributed by atoms with E-state index in [1.807, 2.05) is 0 Å². The molecule has 0 unspecified atom stereocenters. The lowest BCUT2D eigenvalue weighted by Gasteiger charge is -2.20. The number of allylic oxidation sites excluding steroid dienone is 4. The van der Waals surface area contributed by atoms with Crippen molar-refractivity contribution in [3.63, 3.8) is 0 Å². The minimum Gasteiger partial charge on any atom is -0.0501 e. The topological polar surface area (TPSA) is 0 Å². The normalized spacial score (nSPS) is 9.87.